The Hall–Kier alpha value is -0.900. The molecule has 1 aromatic carbocycles. The van der Waals surface area contributed by atoms with Gasteiger partial charge >= 0.3 is 73.5 Å². The van der Waals surface area contributed by atoms with E-state index in [1.165, 1.54) is 0 Å². The Morgan fingerprint density at radius 3 is 2.91 bits per heavy atom. The van der Waals surface area contributed by atoms with Crippen LogP contribution in [0.5, 0.6) is 0 Å². The average Bonchev–Trinajstić information content (AvgIpc) is 2.50. The van der Waals surface area contributed by atoms with E-state index in [9.17, 15) is 0 Å². The van der Waals surface area contributed by atoms with Gasteiger partial charge in [0.1, 0.15) is 0 Å². The number of aromatic nitrogens is 2. The second-order valence-corrected chi connectivity index (χ2v) is 3.59. The van der Waals surface area contributed by atoms with Gasteiger partial charge in [0.05, 0.1) is 0 Å². The summed E-state index contributed by atoms with van der Waals surface area (Å²) < 4.78 is 8.45. The summed E-state index contributed by atoms with van der Waals surface area (Å²) in [5.74, 6) is 0. The average molecular weight is 257 g/mol. The predicted octanol–water partition coefficient (Wildman–Crippen LogP) is 0.558. The molecule has 3 nitrogen and oxygen atoms in total. The molecule has 4 heteroatoms. The van der Waals surface area contributed by atoms with Crippen molar-refractivity contribution in [3.63, 3.8) is 0 Å². The summed E-state index contributed by atoms with van der Waals surface area (Å²) in [5.41, 5.74) is 2.51. The molecule has 2 rings (SSSR count). The Bertz CT molecular complexity index is 426. The van der Waals surface area contributed by atoms with Crippen molar-refractivity contribution in [2.45, 2.75) is 0 Å². The van der Waals surface area contributed by atoms with Crippen molar-refractivity contribution in [1.29, 1.82) is 5.26 Å². The SMILES string of the molecule is N#Cc1ccc2n[te]nc2c1. The van der Waals surface area contributed by atoms with Crippen molar-refractivity contribution in [2.75, 3.05) is 0 Å². The molecule has 52 valence electrons. The third-order valence-corrected chi connectivity index (χ3v) is 2.97. The number of benzene rings is 1. The molecule has 1 aromatic heterocycles. The summed E-state index contributed by atoms with van der Waals surface area (Å²) in [6.07, 6.45) is 0. The minimum absolute atomic E-state index is 0.523. The van der Waals surface area contributed by atoms with E-state index in [2.05, 4.69) is 12.5 Å². The first-order valence-corrected chi connectivity index (χ1v) is 5.11. The Morgan fingerprint density at radius 2 is 2.09 bits per heavy atom. The van der Waals surface area contributed by atoms with Gasteiger partial charge in [-0.05, 0) is 0 Å². The Kier molecular flexibility index (Phi) is 1.62. The molecule has 0 fully saturated rings. The van der Waals surface area contributed by atoms with E-state index in [0.717, 1.165) is 11.0 Å². The number of nitriles is 1. The third-order valence-electron chi connectivity index (χ3n) is 1.38. The van der Waals surface area contributed by atoms with E-state index >= 15 is 0 Å². The molecule has 0 aliphatic rings. The van der Waals surface area contributed by atoms with Crippen LogP contribution in [-0.4, -0.2) is 27.4 Å². The minimum atomic E-state index is -0.523. The molecule has 0 spiro atoms. The van der Waals surface area contributed by atoms with Crippen molar-refractivity contribution in [3.05, 3.63) is 23.8 Å². The van der Waals surface area contributed by atoms with Gasteiger partial charge < -0.3 is 0 Å². The summed E-state index contributed by atoms with van der Waals surface area (Å²) in [7, 11) is 0. The molecule has 0 amide bonds. The molecule has 0 saturated carbocycles. The van der Waals surface area contributed by atoms with Crippen LogP contribution in [0.1, 0.15) is 5.56 Å². The standard InChI is InChI=1S/C7H3N3Te/c8-4-5-1-2-6-7(3-5)10-11-9-6/h1-3H. The molecule has 0 aliphatic heterocycles. The second kappa shape index (κ2) is 2.62. The molecule has 0 bridgehead atoms. The molecule has 0 atom stereocenters. The van der Waals surface area contributed by atoms with Crippen LogP contribution in [0.15, 0.2) is 18.2 Å². The van der Waals surface area contributed by atoms with Gasteiger partial charge in [0.25, 0.3) is 0 Å². The van der Waals surface area contributed by atoms with E-state index in [1.807, 2.05) is 6.07 Å². The number of nitrogens with zero attached hydrogens (tertiary/aromatic N) is 3. The fraction of sp³-hybridized carbons (Fsp3) is 0. The fourth-order valence-electron chi connectivity index (χ4n) is 0.852. The van der Waals surface area contributed by atoms with Crippen molar-refractivity contribution in [2.24, 2.45) is 0 Å². The van der Waals surface area contributed by atoms with E-state index < -0.39 is 21.0 Å². The summed E-state index contributed by atoms with van der Waals surface area (Å²) in [6.45, 7) is 0. The number of fused-ring (bicyclic) bond motifs is 1. The molecule has 0 radical (unpaired) electrons. The van der Waals surface area contributed by atoms with Crippen LogP contribution < -0.4 is 0 Å². The molecule has 1 heterocycles. The van der Waals surface area contributed by atoms with Gasteiger partial charge in [0.2, 0.25) is 0 Å². The van der Waals surface area contributed by atoms with Crippen LogP contribution in [0.4, 0.5) is 0 Å². The molecular weight excluding hydrogens is 254 g/mol. The van der Waals surface area contributed by atoms with E-state index in [1.54, 1.807) is 12.1 Å². The van der Waals surface area contributed by atoms with Crippen LogP contribution in [0.3, 0.4) is 0 Å². The first-order valence-electron chi connectivity index (χ1n) is 3.02. The van der Waals surface area contributed by atoms with Crippen LogP contribution in [0, 0.1) is 11.3 Å². The first kappa shape index (κ1) is 6.79. The zero-order valence-electron chi connectivity index (χ0n) is 5.48. The van der Waals surface area contributed by atoms with Crippen molar-refractivity contribution in [3.8, 4) is 6.07 Å². The summed E-state index contributed by atoms with van der Waals surface area (Å²) in [6, 6.07) is 7.49. The van der Waals surface area contributed by atoms with E-state index in [4.69, 9.17) is 5.26 Å². The first-order chi connectivity index (χ1) is 5.40. The van der Waals surface area contributed by atoms with Crippen LogP contribution in [0.25, 0.3) is 11.0 Å². The van der Waals surface area contributed by atoms with Crippen LogP contribution >= 0.6 is 0 Å². The monoisotopic (exact) mass is 259 g/mol. The van der Waals surface area contributed by atoms with Gasteiger partial charge in [-0.15, -0.1) is 0 Å². The zero-order valence-corrected chi connectivity index (χ0v) is 7.81. The summed E-state index contributed by atoms with van der Waals surface area (Å²) >= 11 is -0.523. The normalized spacial score (nSPS) is 9.73. The predicted molar refractivity (Wildman–Crippen MR) is 41.2 cm³/mol. The third kappa shape index (κ3) is 1.14. The summed E-state index contributed by atoms with van der Waals surface area (Å²) in [4.78, 5) is 0. The molecule has 0 N–H and O–H groups in total. The van der Waals surface area contributed by atoms with Crippen molar-refractivity contribution in [1.82, 2.24) is 6.41 Å². The van der Waals surface area contributed by atoms with Crippen LogP contribution in [0.2, 0.25) is 0 Å². The molecule has 0 saturated heterocycles. The van der Waals surface area contributed by atoms with Gasteiger partial charge in [-0.3, -0.25) is 0 Å². The molecular formula is C7H3N3Te. The van der Waals surface area contributed by atoms with Crippen LogP contribution in [-0.2, 0) is 0 Å². The Balaban J connectivity index is 2.79. The van der Waals surface area contributed by atoms with E-state index in [-0.39, 0.29) is 0 Å². The Morgan fingerprint density at radius 1 is 1.27 bits per heavy atom. The van der Waals surface area contributed by atoms with Gasteiger partial charge in [-0.25, -0.2) is 0 Å². The second-order valence-electron chi connectivity index (χ2n) is 2.08. The quantitative estimate of drug-likeness (QED) is 0.647. The van der Waals surface area contributed by atoms with Gasteiger partial charge in [-0.1, -0.05) is 0 Å². The Labute approximate surface area is 73.7 Å². The number of hydrogen-bond acceptors (Lipinski definition) is 3. The number of rotatable bonds is 0. The molecule has 2 aromatic rings. The molecule has 0 aliphatic carbocycles. The number of hydrogen-bond donors (Lipinski definition) is 0. The van der Waals surface area contributed by atoms with E-state index in [0.29, 0.717) is 5.56 Å². The summed E-state index contributed by atoms with van der Waals surface area (Å²) in [5, 5.41) is 8.56. The maximum atomic E-state index is 8.56. The van der Waals surface area contributed by atoms with Crippen molar-refractivity contribution >= 4 is 32.0 Å². The molecule has 11 heavy (non-hydrogen) atoms. The van der Waals surface area contributed by atoms with Crippen molar-refractivity contribution < 1.29 is 0 Å². The fourth-order valence-corrected chi connectivity index (χ4v) is 2.33. The maximum absolute atomic E-state index is 8.56. The zero-order chi connectivity index (χ0) is 7.68. The van der Waals surface area contributed by atoms with Gasteiger partial charge in [0.15, 0.2) is 0 Å². The van der Waals surface area contributed by atoms with Gasteiger partial charge in [-0.2, -0.15) is 0 Å². The van der Waals surface area contributed by atoms with Gasteiger partial charge in [0, 0.05) is 0 Å². The topological polar surface area (TPSA) is 49.6 Å². The molecule has 0 unspecified atom stereocenters.